The molecule has 2 rings (SSSR count). The molecular formula is C14H26N2O2. The van der Waals surface area contributed by atoms with Gasteiger partial charge in [0.2, 0.25) is 0 Å². The summed E-state index contributed by atoms with van der Waals surface area (Å²) in [6, 6.07) is 0.627. The van der Waals surface area contributed by atoms with E-state index in [1.165, 1.54) is 12.8 Å². The van der Waals surface area contributed by atoms with Crippen molar-refractivity contribution in [3.05, 3.63) is 0 Å². The van der Waals surface area contributed by atoms with E-state index >= 15 is 0 Å². The molecule has 2 fully saturated rings. The Hall–Kier alpha value is -0.770. The van der Waals surface area contributed by atoms with Crippen molar-refractivity contribution in [2.45, 2.75) is 45.3 Å². The van der Waals surface area contributed by atoms with Crippen LogP contribution in [-0.4, -0.2) is 54.7 Å². The van der Waals surface area contributed by atoms with Crippen LogP contribution in [0.2, 0.25) is 0 Å². The van der Waals surface area contributed by atoms with Crippen molar-refractivity contribution >= 4 is 6.09 Å². The molecule has 1 saturated heterocycles. The molecule has 104 valence electrons. The Bertz CT molecular complexity index is 322. The summed E-state index contributed by atoms with van der Waals surface area (Å²) >= 11 is 0. The fourth-order valence-electron chi connectivity index (χ4n) is 3.35. The van der Waals surface area contributed by atoms with Gasteiger partial charge in [0.05, 0.1) is 0 Å². The normalized spacial score (nSPS) is 31.9. The predicted octanol–water partition coefficient (Wildman–Crippen LogP) is 2.19. The fourth-order valence-corrected chi connectivity index (χ4v) is 3.35. The SMILES string of the molecule is CN(C)[C@@H]1CCC2CN(C(=O)OC(C)(C)C)CC21. The third kappa shape index (κ3) is 2.79. The Morgan fingerprint density at radius 3 is 2.44 bits per heavy atom. The van der Waals surface area contributed by atoms with E-state index in [1.54, 1.807) is 0 Å². The second kappa shape index (κ2) is 4.72. The quantitative estimate of drug-likeness (QED) is 0.719. The molecule has 4 heteroatoms. The average Bonchev–Trinajstić information content (AvgIpc) is 2.70. The Morgan fingerprint density at radius 1 is 1.22 bits per heavy atom. The summed E-state index contributed by atoms with van der Waals surface area (Å²) in [5.74, 6) is 1.30. The number of nitrogens with zero attached hydrogens (tertiary/aromatic N) is 2. The van der Waals surface area contributed by atoms with Crippen LogP contribution in [-0.2, 0) is 4.74 Å². The van der Waals surface area contributed by atoms with Crippen molar-refractivity contribution in [1.29, 1.82) is 0 Å². The lowest BCUT2D eigenvalue weighted by atomic mass is 9.97. The standard InChI is InChI=1S/C14H26N2O2/c1-14(2,3)18-13(17)16-8-10-6-7-12(15(4)5)11(10)9-16/h10-12H,6-9H2,1-5H3/t10?,11?,12-/m1/s1. The van der Waals surface area contributed by atoms with Gasteiger partial charge in [0.25, 0.3) is 0 Å². The van der Waals surface area contributed by atoms with Gasteiger partial charge in [0, 0.05) is 19.1 Å². The number of hydrogen-bond acceptors (Lipinski definition) is 3. The molecule has 0 aromatic carbocycles. The Morgan fingerprint density at radius 2 is 1.89 bits per heavy atom. The molecular weight excluding hydrogens is 228 g/mol. The van der Waals surface area contributed by atoms with E-state index in [2.05, 4.69) is 19.0 Å². The maximum absolute atomic E-state index is 12.1. The lowest BCUT2D eigenvalue weighted by Crippen LogP contribution is -2.38. The van der Waals surface area contributed by atoms with Gasteiger partial charge >= 0.3 is 6.09 Å². The third-order valence-corrected chi connectivity index (χ3v) is 4.13. The molecule has 18 heavy (non-hydrogen) atoms. The van der Waals surface area contributed by atoms with Crippen molar-refractivity contribution in [2.24, 2.45) is 11.8 Å². The number of fused-ring (bicyclic) bond motifs is 1. The summed E-state index contributed by atoms with van der Waals surface area (Å²) in [4.78, 5) is 16.3. The minimum atomic E-state index is -0.393. The molecule has 0 spiro atoms. The van der Waals surface area contributed by atoms with E-state index in [9.17, 15) is 4.79 Å². The largest absolute Gasteiger partial charge is 0.444 e. The number of hydrogen-bond donors (Lipinski definition) is 0. The zero-order valence-corrected chi connectivity index (χ0v) is 12.3. The smallest absolute Gasteiger partial charge is 0.410 e. The number of likely N-dealkylation sites (tertiary alicyclic amines) is 1. The van der Waals surface area contributed by atoms with E-state index in [4.69, 9.17) is 4.74 Å². The van der Waals surface area contributed by atoms with E-state index < -0.39 is 5.60 Å². The minimum absolute atomic E-state index is 0.144. The van der Waals surface area contributed by atoms with Gasteiger partial charge in [-0.1, -0.05) is 0 Å². The van der Waals surface area contributed by atoms with Crippen molar-refractivity contribution in [3.8, 4) is 0 Å². The summed E-state index contributed by atoms with van der Waals surface area (Å²) in [5.41, 5.74) is -0.393. The first kappa shape index (κ1) is 13.7. The molecule has 1 saturated carbocycles. The van der Waals surface area contributed by atoms with Gasteiger partial charge in [-0.2, -0.15) is 0 Å². The molecule has 0 aromatic rings. The maximum atomic E-state index is 12.1. The van der Waals surface area contributed by atoms with Gasteiger partial charge < -0.3 is 14.5 Å². The molecule has 0 N–H and O–H groups in total. The second-order valence-corrected chi connectivity index (χ2v) is 6.92. The van der Waals surface area contributed by atoms with Gasteiger partial charge in [-0.15, -0.1) is 0 Å². The maximum Gasteiger partial charge on any atom is 0.410 e. The van der Waals surface area contributed by atoms with E-state index in [0.717, 1.165) is 13.1 Å². The van der Waals surface area contributed by atoms with Crippen molar-refractivity contribution in [1.82, 2.24) is 9.80 Å². The monoisotopic (exact) mass is 254 g/mol. The van der Waals surface area contributed by atoms with Crippen LogP contribution in [0, 0.1) is 11.8 Å². The molecule has 1 heterocycles. The number of carbonyl (C=O) groups excluding carboxylic acids is 1. The van der Waals surface area contributed by atoms with Crippen LogP contribution in [0.1, 0.15) is 33.6 Å². The summed E-state index contributed by atoms with van der Waals surface area (Å²) in [6.07, 6.45) is 2.37. The molecule has 2 unspecified atom stereocenters. The number of rotatable bonds is 1. The molecule has 3 atom stereocenters. The lowest BCUT2D eigenvalue weighted by Gasteiger charge is -2.27. The Labute approximate surface area is 110 Å². The average molecular weight is 254 g/mol. The van der Waals surface area contributed by atoms with E-state index in [-0.39, 0.29) is 6.09 Å². The minimum Gasteiger partial charge on any atom is -0.444 e. The van der Waals surface area contributed by atoms with Crippen LogP contribution < -0.4 is 0 Å². The highest BCUT2D eigenvalue weighted by atomic mass is 16.6. The second-order valence-electron chi connectivity index (χ2n) is 6.92. The molecule has 2 aliphatic rings. The summed E-state index contributed by atoms with van der Waals surface area (Å²) in [7, 11) is 4.28. The molecule has 4 nitrogen and oxygen atoms in total. The fraction of sp³-hybridized carbons (Fsp3) is 0.929. The summed E-state index contributed by atoms with van der Waals surface area (Å²) in [6.45, 7) is 7.51. The van der Waals surface area contributed by atoms with Crippen LogP contribution in [0.5, 0.6) is 0 Å². The first-order valence-electron chi connectivity index (χ1n) is 6.92. The van der Waals surface area contributed by atoms with Crippen LogP contribution in [0.3, 0.4) is 0 Å². The van der Waals surface area contributed by atoms with Crippen molar-refractivity contribution < 1.29 is 9.53 Å². The zero-order chi connectivity index (χ0) is 13.5. The molecule has 1 aliphatic heterocycles. The molecule has 0 bridgehead atoms. The number of carbonyl (C=O) groups is 1. The highest BCUT2D eigenvalue weighted by Crippen LogP contribution is 2.40. The Kier molecular flexibility index (Phi) is 3.58. The Balaban J connectivity index is 1.95. The first-order valence-corrected chi connectivity index (χ1v) is 6.92. The summed E-state index contributed by atoms with van der Waals surface area (Å²) < 4.78 is 5.46. The highest BCUT2D eigenvalue weighted by Gasteiger charge is 2.45. The summed E-state index contributed by atoms with van der Waals surface area (Å²) in [5, 5.41) is 0. The zero-order valence-electron chi connectivity index (χ0n) is 12.3. The molecule has 1 aliphatic carbocycles. The molecule has 0 aromatic heterocycles. The van der Waals surface area contributed by atoms with Gasteiger partial charge in [-0.3, -0.25) is 0 Å². The highest BCUT2D eigenvalue weighted by molar-refractivity contribution is 5.68. The topological polar surface area (TPSA) is 32.8 Å². The number of amides is 1. The van der Waals surface area contributed by atoms with E-state index in [1.807, 2.05) is 25.7 Å². The van der Waals surface area contributed by atoms with E-state index in [0.29, 0.717) is 17.9 Å². The lowest BCUT2D eigenvalue weighted by molar-refractivity contribution is 0.0273. The van der Waals surface area contributed by atoms with Crippen LogP contribution in [0.15, 0.2) is 0 Å². The molecule has 1 amide bonds. The van der Waals surface area contributed by atoms with Gasteiger partial charge in [-0.05, 0) is 59.5 Å². The van der Waals surface area contributed by atoms with Crippen LogP contribution in [0.4, 0.5) is 4.79 Å². The number of ether oxygens (including phenoxy) is 1. The van der Waals surface area contributed by atoms with Gasteiger partial charge in [0.1, 0.15) is 5.60 Å². The van der Waals surface area contributed by atoms with Gasteiger partial charge in [0.15, 0.2) is 0 Å². The van der Waals surface area contributed by atoms with Gasteiger partial charge in [-0.25, -0.2) is 4.79 Å². The van der Waals surface area contributed by atoms with Crippen molar-refractivity contribution in [2.75, 3.05) is 27.2 Å². The van der Waals surface area contributed by atoms with Crippen molar-refractivity contribution in [3.63, 3.8) is 0 Å². The van der Waals surface area contributed by atoms with Crippen LogP contribution >= 0.6 is 0 Å². The predicted molar refractivity (Wildman–Crippen MR) is 71.5 cm³/mol. The molecule has 0 radical (unpaired) electrons. The van der Waals surface area contributed by atoms with Crippen LogP contribution in [0.25, 0.3) is 0 Å². The first-order chi connectivity index (χ1) is 8.28. The third-order valence-electron chi connectivity index (χ3n) is 4.13.